The first-order chi connectivity index (χ1) is 8.35. The van der Waals surface area contributed by atoms with Crippen molar-refractivity contribution in [3.63, 3.8) is 0 Å². The Morgan fingerprint density at radius 1 is 1.50 bits per heavy atom. The molecular weight excluding hydrogens is 276 g/mol. The highest BCUT2D eigenvalue weighted by Gasteiger charge is 2.16. The molecule has 1 aromatic carbocycles. The van der Waals surface area contributed by atoms with Gasteiger partial charge in [-0.2, -0.15) is 0 Å². The normalized spacial score (nSPS) is 13.9. The fourth-order valence-electron chi connectivity index (χ4n) is 1.54. The molecule has 0 aliphatic heterocycles. The highest BCUT2D eigenvalue weighted by molar-refractivity contribution is 7.90. The zero-order valence-electron chi connectivity index (χ0n) is 9.76. The van der Waals surface area contributed by atoms with Crippen LogP contribution in [0.3, 0.4) is 0 Å². The molecule has 2 N–H and O–H groups in total. The number of nitrogens with zero attached hydrogens (tertiary/aromatic N) is 1. The molecule has 0 radical (unpaired) electrons. The van der Waals surface area contributed by atoms with Crippen LogP contribution in [0.15, 0.2) is 22.6 Å². The van der Waals surface area contributed by atoms with E-state index < -0.39 is 15.9 Å². The molecule has 5 nitrogen and oxygen atoms in total. The van der Waals surface area contributed by atoms with E-state index >= 15 is 0 Å². The minimum Gasteiger partial charge on any atom is -0.439 e. The molecule has 2 aromatic rings. The number of fused-ring (bicyclic) bond motifs is 1. The van der Waals surface area contributed by atoms with Crippen LogP contribution in [0, 0.1) is 0 Å². The monoisotopic (exact) mass is 288 g/mol. The van der Waals surface area contributed by atoms with Gasteiger partial charge in [-0.3, -0.25) is 0 Å². The number of rotatable bonds is 4. The van der Waals surface area contributed by atoms with E-state index in [9.17, 15) is 8.42 Å². The van der Waals surface area contributed by atoms with Gasteiger partial charge < -0.3 is 10.2 Å². The highest BCUT2D eigenvalue weighted by atomic mass is 35.5. The van der Waals surface area contributed by atoms with E-state index in [4.69, 9.17) is 21.8 Å². The molecule has 1 heterocycles. The largest absolute Gasteiger partial charge is 0.439 e. The third-order valence-corrected chi connectivity index (χ3v) is 3.70. The van der Waals surface area contributed by atoms with Crippen molar-refractivity contribution < 1.29 is 12.8 Å². The summed E-state index contributed by atoms with van der Waals surface area (Å²) in [5, 5.41) is 0.551. The van der Waals surface area contributed by atoms with Crippen LogP contribution in [0.5, 0.6) is 0 Å². The van der Waals surface area contributed by atoms with Gasteiger partial charge in [0, 0.05) is 17.3 Å². The first-order valence-corrected chi connectivity index (χ1v) is 7.78. The molecule has 0 aliphatic rings. The van der Waals surface area contributed by atoms with Gasteiger partial charge in [-0.05, 0) is 18.6 Å². The highest BCUT2D eigenvalue weighted by Crippen LogP contribution is 2.23. The topological polar surface area (TPSA) is 86.2 Å². The fourth-order valence-corrected chi connectivity index (χ4v) is 2.38. The molecule has 0 bridgehead atoms. The minimum atomic E-state index is -3.03. The summed E-state index contributed by atoms with van der Waals surface area (Å²) in [6.07, 6.45) is 1.45. The Labute approximate surface area is 110 Å². The smallest absolute Gasteiger partial charge is 0.212 e. The van der Waals surface area contributed by atoms with Crippen molar-refractivity contribution in [1.82, 2.24) is 4.98 Å². The van der Waals surface area contributed by atoms with Crippen molar-refractivity contribution >= 4 is 32.5 Å². The Morgan fingerprint density at radius 2 is 2.22 bits per heavy atom. The van der Waals surface area contributed by atoms with Crippen molar-refractivity contribution in [3.8, 4) is 0 Å². The minimum absolute atomic E-state index is 0.00759. The van der Waals surface area contributed by atoms with E-state index in [2.05, 4.69) is 4.98 Å². The van der Waals surface area contributed by atoms with Gasteiger partial charge in [-0.1, -0.05) is 11.6 Å². The number of halogens is 1. The molecule has 1 atom stereocenters. The van der Waals surface area contributed by atoms with E-state index in [0.29, 0.717) is 22.0 Å². The lowest BCUT2D eigenvalue weighted by molar-refractivity contribution is 0.468. The average molecular weight is 289 g/mol. The quantitative estimate of drug-likeness (QED) is 0.929. The van der Waals surface area contributed by atoms with Gasteiger partial charge in [0.15, 0.2) is 5.58 Å². The second-order valence-corrected chi connectivity index (χ2v) is 6.89. The molecule has 2 rings (SSSR count). The predicted octanol–water partition coefficient (Wildman–Crippen LogP) is 1.92. The molecule has 0 saturated heterocycles. The van der Waals surface area contributed by atoms with Crippen molar-refractivity contribution in [2.45, 2.75) is 12.5 Å². The molecule has 0 aliphatic carbocycles. The summed E-state index contributed by atoms with van der Waals surface area (Å²) in [6.45, 7) is 0. The predicted molar refractivity (Wildman–Crippen MR) is 70.3 cm³/mol. The molecule has 0 saturated carbocycles. The third-order valence-electron chi connectivity index (χ3n) is 2.48. The van der Waals surface area contributed by atoms with E-state index in [1.54, 1.807) is 18.2 Å². The summed E-state index contributed by atoms with van der Waals surface area (Å²) < 4.78 is 27.6. The Balaban J connectivity index is 2.20. The van der Waals surface area contributed by atoms with Crippen molar-refractivity contribution in [3.05, 3.63) is 29.1 Å². The fraction of sp³-hybridized carbons (Fsp3) is 0.364. The third kappa shape index (κ3) is 3.22. The molecular formula is C11H13ClN2O3S. The molecule has 0 fully saturated rings. The number of hydrogen-bond donors (Lipinski definition) is 1. The van der Waals surface area contributed by atoms with Gasteiger partial charge in [0.1, 0.15) is 15.4 Å². The van der Waals surface area contributed by atoms with Crippen LogP contribution < -0.4 is 5.73 Å². The van der Waals surface area contributed by atoms with Crippen LogP contribution in [0.2, 0.25) is 5.02 Å². The van der Waals surface area contributed by atoms with E-state index in [1.807, 2.05) is 0 Å². The van der Waals surface area contributed by atoms with Crippen molar-refractivity contribution in [2.24, 2.45) is 5.73 Å². The lowest BCUT2D eigenvalue weighted by atomic mass is 10.2. The second kappa shape index (κ2) is 4.87. The Bertz CT molecular complexity index is 666. The van der Waals surface area contributed by atoms with E-state index in [-0.39, 0.29) is 12.2 Å². The number of nitrogens with two attached hydrogens (primary N) is 1. The van der Waals surface area contributed by atoms with Crippen LogP contribution in [0.25, 0.3) is 11.1 Å². The summed E-state index contributed by atoms with van der Waals surface area (Å²) in [6, 6.07) is 4.55. The standard InChI is InChI=1S/C11H13ClN2O3S/c1-18(15,16)5-4-8(13)11-14-9-3-2-7(12)6-10(9)17-11/h2-3,6,8H,4-5,13H2,1H3. The molecule has 0 amide bonds. The van der Waals surface area contributed by atoms with Crippen LogP contribution in [0.4, 0.5) is 0 Å². The van der Waals surface area contributed by atoms with E-state index in [0.717, 1.165) is 0 Å². The van der Waals surface area contributed by atoms with Crippen LogP contribution in [0.1, 0.15) is 18.4 Å². The van der Waals surface area contributed by atoms with Gasteiger partial charge in [-0.25, -0.2) is 13.4 Å². The Morgan fingerprint density at radius 3 is 2.89 bits per heavy atom. The molecule has 1 unspecified atom stereocenters. The number of benzene rings is 1. The van der Waals surface area contributed by atoms with Gasteiger partial charge in [0.05, 0.1) is 11.8 Å². The maximum absolute atomic E-state index is 11.1. The summed E-state index contributed by atoms with van der Waals surface area (Å²) in [4.78, 5) is 4.21. The number of aromatic nitrogens is 1. The summed E-state index contributed by atoms with van der Waals surface area (Å²) in [7, 11) is -3.03. The van der Waals surface area contributed by atoms with Gasteiger partial charge in [0.25, 0.3) is 0 Å². The number of hydrogen-bond acceptors (Lipinski definition) is 5. The maximum Gasteiger partial charge on any atom is 0.212 e. The molecule has 98 valence electrons. The van der Waals surface area contributed by atoms with Crippen LogP contribution in [-0.2, 0) is 9.84 Å². The lowest BCUT2D eigenvalue weighted by Gasteiger charge is -2.05. The molecule has 18 heavy (non-hydrogen) atoms. The second-order valence-electron chi connectivity index (χ2n) is 4.19. The molecule has 1 aromatic heterocycles. The van der Waals surface area contributed by atoms with E-state index in [1.165, 1.54) is 6.26 Å². The zero-order chi connectivity index (χ0) is 13.3. The summed E-state index contributed by atoms with van der Waals surface area (Å²) in [5.41, 5.74) is 7.06. The zero-order valence-corrected chi connectivity index (χ0v) is 11.3. The average Bonchev–Trinajstić information content (AvgIpc) is 2.67. The number of sulfone groups is 1. The van der Waals surface area contributed by atoms with Crippen LogP contribution in [-0.4, -0.2) is 25.4 Å². The first kappa shape index (κ1) is 13.3. The van der Waals surface area contributed by atoms with Gasteiger partial charge >= 0.3 is 0 Å². The van der Waals surface area contributed by atoms with Crippen molar-refractivity contribution in [1.29, 1.82) is 0 Å². The van der Waals surface area contributed by atoms with Gasteiger partial charge in [0.2, 0.25) is 5.89 Å². The molecule has 7 heteroatoms. The Kier molecular flexibility index (Phi) is 3.61. The maximum atomic E-state index is 11.1. The SMILES string of the molecule is CS(=O)(=O)CCC(N)c1nc2ccc(Cl)cc2o1. The van der Waals surface area contributed by atoms with Gasteiger partial charge in [-0.15, -0.1) is 0 Å². The summed E-state index contributed by atoms with van der Waals surface area (Å²) >= 11 is 5.83. The Hall–Kier alpha value is -1.11. The van der Waals surface area contributed by atoms with Crippen LogP contribution >= 0.6 is 11.6 Å². The molecule has 0 spiro atoms. The van der Waals surface area contributed by atoms with Crippen molar-refractivity contribution in [2.75, 3.05) is 12.0 Å². The lowest BCUT2D eigenvalue weighted by Crippen LogP contribution is -2.15. The first-order valence-electron chi connectivity index (χ1n) is 5.34. The summed E-state index contributed by atoms with van der Waals surface area (Å²) in [5.74, 6) is 0.337. The number of oxazole rings is 1.